The van der Waals surface area contributed by atoms with E-state index in [1.807, 2.05) is 12.1 Å². The van der Waals surface area contributed by atoms with E-state index >= 15 is 0 Å². The molecule has 0 fully saturated rings. The van der Waals surface area contributed by atoms with E-state index in [9.17, 15) is 0 Å². The van der Waals surface area contributed by atoms with Crippen molar-refractivity contribution in [1.29, 1.82) is 0 Å². The van der Waals surface area contributed by atoms with E-state index in [-0.39, 0.29) is 0 Å². The van der Waals surface area contributed by atoms with Gasteiger partial charge >= 0.3 is 0 Å². The molecular weight excluding hydrogens is 218 g/mol. The Morgan fingerprint density at radius 3 is 3.08 bits per heavy atom. The van der Waals surface area contributed by atoms with Crippen LogP contribution in [0.1, 0.15) is 19.8 Å². The summed E-state index contributed by atoms with van der Waals surface area (Å²) < 4.78 is 6.25. The zero-order valence-electron chi connectivity index (χ0n) is 7.09. The Morgan fingerprint density at radius 2 is 2.42 bits per heavy atom. The van der Waals surface area contributed by atoms with E-state index in [0.29, 0.717) is 0 Å². The molecule has 0 saturated heterocycles. The highest BCUT2D eigenvalue weighted by Gasteiger charge is 1.98. The molecule has 0 spiro atoms. The van der Waals surface area contributed by atoms with E-state index in [4.69, 9.17) is 4.74 Å². The SMILES string of the molecule is CCCCOc1cccnc1Br. The second-order valence-electron chi connectivity index (χ2n) is 2.49. The van der Waals surface area contributed by atoms with Crippen molar-refractivity contribution in [2.45, 2.75) is 19.8 Å². The van der Waals surface area contributed by atoms with Crippen molar-refractivity contribution in [1.82, 2.24) is 4.98 Å². The normalized spacial score (nSPS) is 9.83. The van der Waals surface area contributed by atoms with Crippen molar-refractivity contribution in [2.75, 3.05) is 6.61 Å². The molecule has 66 valence electrons. The van der Waals surface area contributed by atoms with Gasteiger partial charge in [-0.2, -0.15) is 0 Å². The summed E-state index contributed by atoms with van der Waals surface area (Å²) in [5, 5.41) is 0. The molecule has 0 aliphatic heterocycles. The van der Waals surface area contributed by atoms with Gasteiger partial charge in [0.15, 0.2) is 5.75 Å². The Bertz CT molecular complexity index is 240. The summed E-state index contributed by atoms with van der Waals surface area (Å²) in [6, 6.07) is 3.78. The van der Waals surface area contributed by atoms with Crippen LogP contribution in [0.3, 0.4) is 0 Å². The maximum Gasteiger partial charge on any atom is 0.152 e. The third-order valence-electron chi connectivity index (χ3n) is 1.48. The Kier molecular flexibility index (Phi) is 4.08. The molecule has 0 aliphatic carbocycles. The molecule has 1 rings (SSSR count). The number of hydrogen-bond donors (Lipinski definition) is 0. The first-order chi connectivity index (χ1) is 5.84. The molecule has 1 aromatic heterocycles. The second-order valence-corrected chi connectivity index (χ2v) is 3.25. The molecule has 0 radical (unpaired) electrons. The minimum Gasteiger partial charge on any atom is -0.491 e. The Labute approximate surface area is 81.1 Å². The van der Waals surface area contributed by atoms with Gasteiger partial charge < -0.3 is 4.74 Å². The van der Waals surface area contributed by atoms with Crippen molar-refractivity contribution in [3.05, 3.63) is 22.9 Å². The van der Waals surface area contributed by atoms with Gasteiger partial charge in [-0.15, -0.1) is 0 Å². The molecule has 0 N–H and O–H groups in total. The number of unbranched alkanes of at least 4 members (excludes halogenated alkanes) is 1. The van der Waals surface area contributed by atoms with Gasteiger partial charge in [0.25, 0.3) is 0 Å². The minimum atomic E-state index is 0.765. The van der Waals surface area contributed by atoms with Crippen molar-refractivity contribution in [3.8, 4) is 5.75 Å². The average molecular weight is 230 g/mol. The van der Waals surface area contributed by atoms with Crippen LogP contribution in [0.4, 0.5) is 0 Å². The van der Waals surface area contributed by atoms with Crippen molar-refractivity contribution in [3.63, 3.8) is 0 Å². The summed E-state index contributed by atoms with van der Waals surface area (Å²) in [7, 11) is 0. The molecule has 1 heterocycles. The van der Waals surface area contributed by atoms with Crippen LogP contribution in [-0.4, -0.2) is 11.6 Å². The van der Waals surface area contributed by atoms with Crippen LogP contribution in [-0.2, 0) is 0 Å². The summed E-state index contributed by atoms with van der Waals surface area (Å²) in [6.45, 7) is 2.91. The molecule has 0 unspecified atom stereocenters. The second kappa shape index (κ2) is 5.14. The molecule has 1 aromatic rings. The predicted molar refractivity (Wildman–Crippen MR) is 52.3 cm³/mol. The number of rotatable bonds is 4. The quantitative estimate of drug-likeness (QED) is 0.585. The zero-order valence-corrected chi connectivity index (χ0v) is 8.67. The van der Waals surface area contributed by atoms with Gasteiger partial charge in [-0.3, -0.25) is 0 Å². The third-order valence-corrected chi connectivity index (χ3v) is 2.08. The van der Waals surface area contributed by atoms with Crippen LogP contribution in [0.5, 0.6) is 5.75 Å². The standard InChI is InChI=1S/C9H12BrNO/c1-2-3-7-12-8-5-4-6-11-9(8)10/h4-6H,2-3,7H2,1H3. The molecule has 0 atom stereocenters. The first-order valence-electron chi connectivity index (χ1n) is 4.08. The van der Waals surface area contributed by atoms with Gasteiger partial charge in [0.2, 0.25) is 0 Å². The van der Waals surface area contributed by atoms with Gasteiger partial charge in [-0.1, -0.05) is 13.3 Å². The molecule has 0 aromatic carbocycles. The summed E-state index contributed by atoms with van der Waals surface area (Å²) >= 11 is 3.31. The van der Waals surface area contributed by atoms with Gasteiger partial charge in [0, 0.05) is 6.20 Å². The first kappa shape index (κ1) is 9.52. The van der Waals surface area contributed by atoms with Gasteiger partial charge in [-0.25, -0.2) is 4.98 Å². The largest absolute Gasteiger partial charge is 0.491 e. The summed E-state index contributed by atoms with van der Waals surface area (Å²) in [4.78, 5) is 4.05. The zero-order chi connectivity index (χ0) is 8.81. The maximum atomic E-state index is 5.47. The van der Waals surface area contributed by atoms with E-state index in [2.05, 4.69) is 27.8 Å². The number of halogens is 1. The fourth-order valence-corrected chi connectivity index (χ4v) is 1.17. The lowest BCUT2D eigenvalue weighted by Gasteiger charge is -2.05. The van der Waals surface area contributed by atoms with Crippen LogP contribution >= 0.6 is 15.9 Å². The van der Waals surface area contributed by atoms with Crippen LogP contribution in [0.2, 0.25) is 0 Å². The van der Waals surface area contributed by atoms with Gasteiger partial charge in [0.1, 0.15) is 4.60 Å². The van der Waals surface area contributed by atoms with Gasteiger partial charge in [0.05, 0.1) is 6.61 Å². The first-order valence-corrected chi connectivity index (χ1v) is 4.87. The summed E-state index contributed by atoms with van der Waals surface area (Å²) in [6.07, 6.45) is 3.97. The Morgan fingerprint density at radius 1 is 1.58 bits per heavy atom. The fourth-order valence-electron chi connectivity index (χ4n) is 0.805. The van der Waals surface area contributed by atoms with Crippen LogP contribution in [0.25, 0.3) is 0 Å². The van der Waals surface area contributed by atoms with E-state index in [0.717, 1.165) is 29.8 Å². The molecule has 0 saturated carbocycles. The highest BCUT2D eigenvalue weighted by atomic mass is 79.9. The number of nitrogens with zero attached hydrogens (tertiary/aromatic N) is 1. The van der Waals surface area contributed by atoms with Crippen LogP contribution < -0.4 is 4.74 Å². The van der Waals surface area contributed by atoms with Crippen LogP contribution in [0.15, 0.2) is 22.9 Å². The molecule has 3 heteroatoms. The molecule has 12 heavy (non-hydrogen) atoms. The van der Waals surface area contributed by atoms with Gasteiger partial charge in [-0.05, 0) is 34.5 Å². The molecule has 2 nitrogen and oxygen atoms in total. The summed E-state index contributed by atoms with van der Waals surface area (Å²) in [5.74, 6) is 0.825. The van der Waals surface area contributed by atoms with Crippen molar-refractivity contribution in [2.24, 2.45) is 0 Å². The topological polar surface area (TPSA) is 22.1 Å². The minimum absolute atomic E-state index is 0.765. The lowest BCUT2D eigenvalue weighted by Crippen LogP contribution is -1.97. The lowest BCUT2D eigenvalue weighted by atomic mass is 10.4. The number of aromatic nitrogens is 1. The van der Waals surface area contributed by atoms with E-state index in [1.54, 1.807) is 6.20 Å². The maximum absolute atomic E-state index is 5.47. The van der Waals surface area contributed by atoms with Crippen molar-refractivity contribution >= 4 is 15.9 Å². The fraction of sp³-hybridized carbons (Fsp3) is 0.444. The number of pyridine rings is 1. The highest BCUT2D eigenvalue weighted by Crippen LogP contribution is 2.20. The number of ether oxygens (including phenoxy) is 1. The molecule has 0 aliphatic rings. The Balaban J connectivity index is 2.46. The lowest BCUT2D eigenvalue weighted by molar-refractivity contribution is 0.306. The van der Waals surface area contributed by atoms with E-state index < -0.39 is 0 Å². The third kappa shape index (κ3) is 2.81. The molecule has 0 amide bonds. The number of hydrogen-bond acceptors (Lipinski definition) is 2. The predicted octanol–water partition coefficient (Wildman–Crippen LogP) is 3.02. The average Bonchev–Trinajstić information content (AvgIpc) is 2.09. The monoisotopic (exact) mass is 229 g/mol. The highest BCUT2D eigenvalue weighted by molar-refractivity contribution is 9.10. The Hall–Kier alpha value is -0.570. The van der Waals surface area contributed by atoms with Crippen molar-refractivity contribution < 1.29 is 4.74 Å². The molecular formula is C9H12BrNO. The smallest absolute Gasteiger partial charge is 0.152 e. The molecule has 0 bridgehead atoms. The summed E-state index contributed by atoms with van der Waals surface area (Å²) in [5.41, 5.74) is 0. The van der Waals surface area contributed by atoms with Crippen LogP contribution in [0, 0.1) is 0 Å². The van der Waals surface area contributed by atoms with E-state index in [1.165, 1.54) is 0 Å².